The van der Waals surface area contributed by atoms with Crippen LogP contribution in [0.3, 0.4) is 0 Å². The number of hydrogen-bond donors (Lipinski definition) is 3. The molecule has 20 heavy (non-hydrogen) atoms. The Kier molecular flexibility index (Phi) is 4.70. The number of amides is 1. The summed E-state index contributed by atoms with van der Waals surface area (Å²) in [6.07, 6.45) is 1.36. The number of hydrogen-bond acceptors (Lipinski definition) is 7. The van der Waals surface area contributed by atoms with Crippen molar-refractivity contribution in [2.24, 2.45) is 0 Å². The van der Waals surface area contributed by atoms with Gasteiger partial charge in [-0.1, -0.05) is 6.08 Å². The van der Waals surface area contributed by atoms with Crippen LogP contribution in [0, 0.1) is 20.2 Å². The lowest BCUT2D eigenvalue weighted by Crippen LogP contribution is -2.19. The van der Waals surface area contributed by atoms with Crippen LogP contribution in [-0.2, 0) is 0 Å². The topological polar surface area (TPSA) is 148 Å². The molecular weight excluding hydrogens is 272 g/mol. The van der Waals surface area contributed by atoms with E-state index in [1.54, 1.807) is 0 Å². The van der Waals surface area contributed by atoms with E-state index in [4.69, 9.17) is 5.21 Å². The third-order valence-electron chi connectivity index (χ3n) is 2.28. The van der Waals surface area contributed by atoms with Crippen molar-refractivity contribution in [2.75, 3.05) is 11.9 Å². The van der Waals surface area contributed by atoms with Crippen molar-refractivity contribution < 1.29 is 19.8 Å². The monoisotopic (exact) mass is 282 g/mol. The average Bonchev–Trinajstić information content (AvgIpc) is 2.42. The van der Waals surface area contributed by atoms with Gasteiger partial charge in [-0.2, -0.15) is 0 Å². The minimum atomic E-state index is -1.09. The van der Waals surface area contributed by atoms with Crippen LogP contribution in [0.1, 0.15) is 10.4 Å². The van der Waals surface area contributed by atoms with Crippen molar-refractivity contribution in [3.05, 3.63) is 50.6 Å². The van der Waals surface area contributed by atoms with Crippen LogP contribution in [-0.4, -0.2) is 27.5 Å². The number of nitrogens with one attached hydrogen (secondary N) is 2. The van der Waals surface area contributed by atoms with Gasteiger partial charge in [0, 0.05) is 18.7 Å². The minimum absolute atomic E-state index is 0.0627. The van der Waals surface area contributed by atoms with E-state index in [1.807, 2.05) is 0 Å². The number of benzene rings is 1. The molecule has 0 heterocycles. The molecule has 106 valence electrons. The molecule has 1 rings (SSSR count). The van der Waals surface area contributed by atoms with Gasteiger partial charge in [-0.25, -0.2) is 5.48 Å². The molecule has 1 aromatic carbocycles. The Bertz CT molecular complexity index is 550. The van der Waals surface area contributed by atoms with Gasteiger partial charge in [-0.05, 0) is 0 Å². The summed E-state index contributed by atoms with van der Waals surface area (Å²) < 4.78 is 0. The smallest absolute Gasteiger partial charge is 0.300 e. The zero-order chi connectivity index (χ0) is 15.3. The Hall–Kier alpha value is -3.01. The number of nitro benzene ring substituents is 2. The molecule has 0 radical (unpaired) electrons. The molecule has 0 saturated heterocycles. The van der Waals surface area contributed by atoms with Gasteiger partial charge < -0.3 is 5.32 Å². The van der Waals surface area contributed by atoms with Crippen molar-refractivity contribution in [3.8, 4) is 0 Å². The Morgan fingerprint density at radius 1 is 1.30 bits per heavy atom. The van der Waals surface area contributed by atoms with Gasteiger partial charge in [-0.3, -0.25) is 30.2 Å². The van der Waals surface area contributed by atoms with Gasteiger partial charge in [0.1, 0.15) is 0 Å². The number of rotatable bonds is 6. The second-order valence-electron chi connectivity index (χ2n) is 3.51. The van der Waals surface area contributed by atoms with Crippen LogP contribution >= 0.6 is 0 Å². The maximum atomic E-state index is 11.2. The van der Waals surface area contributed by atoms with E-state index in [1.165, 1.54) is 11.6 Å². The van der Waals surface area contributed by atoms with E-state index in [0.717, 1.165) is 12.1 Å². The Morgan fingerprint density at radius 3 is 2.15 bits per heavy atom. The summed E-state index contributed by atoms with van der Waals surface area (Å²) in [5, 5.41) is 32.9. The van der Waals surface area contributed by atoms with Crippen LogP contribution in [0.15, 0.2) is 24.8 Å². The number of carbonyl (C=O) groups excluding carboxylic acids is 1. The van der Waals surface area contributed by atoms with E-state index in [0.29, 0.717) is 0 Å². The minimum Gasteiger partial charge on any atom is -0.370 e. The van der Waals surface area contributed by atoms with Gasteiger partial charge >= 0.3 is 0 Å². The molecule has 0 spiro atoms. The largest absolute Gasteiger partial charge is 0.370 e. The van der Waals surface area contributed by atoms with Crippen molar-refractivity contribution in [1.29, 1.82) is 0 Å². The number of nitro groups is 2. The summed E-state index contributed by atoms with van der Waals surface area (Å²) >= 11 is 0. The van der Waals surface area contributed by atoms with Crippen molar-refractivity contribution in [3.63, 3.8) is 0 Å². The highest BCUT2D eigenvalue weighted by Gasteiger charge is 2.28. The fourth-order valence-corrected chi connectivity index (χ4v) is 1.45. The number of nitrogens with zero attached hydrogens (tertiary/aromatic N) is 2. The Labute approximate surface area is 112 Å². The zero-order valence-electron chi connectivity index (χ0n) is 10.0. The van der Waals surface area contributed by atoms with Crippen molar-refractivity contribution >= 4 is 23.0 Å². The fourth-order valence-electron chi connectivity index (χ4n) is 1.45. The quantitative estimate of drug-likeness (QED) is 0.307. The Morgan fingerprint density at radius 2 is 1.80 bits per heavy atom. The van der Waals surface area contributed by atoms with Crippen molar-refractivity contribution in [2.45, 2.75) is 0 Å². The maximum Gasteiger partial charge on any atom is 0.300 e. The molecule has 3 N–H and O–H groups in total. The summed E-state index contributed by atoms with van der Waals surface area (Å²) in [6, 6.07) is 1.65. The first kappa shape index (κ1) is 15.0. The summed E-state index contributed by atoms with van der Waals surface area (Å²) in [4.78, 5) is 31.4. The molecule has 10 nitrogen and oxygen atoms in total. The van der Waals surface area contributed by atoms with Gasteiger partial charge in [0.25, 0.3) is 17.3 Å². The SMILES string of the molecule is C=CCNc1c([N+](=O)[O-])cc(C(=O)NO)cc1[N+](=O)[O-]. The van der Waals surface area contributed by atoms with Gasteiger partial charge in [0.15, 0.2) is 5.69 Å². The molecule has 0 fully saturated rings. The maximum absolute atomic E-state index is 11.2. The third-order valence-corrected chi connectivity index (χ3v) is 2.28. The third kappa shape index (κ3) is 3.05. The van der Waals surface area contributed by atoms with Crippen LogP contribution in [0.25, 0.3) is 0 Å². The van der Waals surface area contributed by atoms with E-state index in [2.05, 4.69) is 11.9 Å². The second-order valence-corrected chi connectivity index (χ2v) is 3.51. The predicted octanol–water partition coefficient (Wildman–Crippen LogP) is 1.22. The highest BCUT2D eigenvalue weighted by Crippen LogP contribution is 2.35. The fraction of sp³-hybridized carbons (Fsp3) is 0.100. The normalized spacial score (nSPS) is 9.65. The number of anilines is 1. The van der Waals surface area contributed by atoms with Crippen LogP contribution in [0.5, 0.6) is 0 Å². The zero-order valence-corrected chi connectivity index (χ0v) is 10.0. The lowest BCUT2D eigenvalue weighted by atomic mass is 10.1. The average molecular weight is 282 g/mol. The molecule has 0 unspecified atom stereocenters. The molecule has 0 aliphatic carbocycles. The van der Waals surface area contributed by atoms with Crippen LogP contribution < -0.4 is 10.8 Å². The van der Waals surface area contributed by atoms with E-state index < -0.39 is 32.7 Å². The molecule has 0 atom stereocenters. The molecule has 0 bridgehead atoms. The molecule has 0 aliphatic rings. The highest BCUT2D eigenvalue weighted by atomic mass is 16.6. The first-order valence-electron chi connectivity index (χ1n) is 5.18. The second kappa shape index (κ2) is 6.24. The first-order chi connectivity index (χ1) is 9.42. The van der Waals surface area contributed by atoms with E-state index >= 15 is 0 Å². The lowest BCUT2D eigenvalue weighted by molar-refractivity contribution is -0.392. The van der Waals surface area contributed by atoms with Crippen LogP contribution in [0.4, 0.5) is 17.1 Å². The molecule has 1 aromatic rings. The molecule has 0 aliphatic heterocycles. The Balaban J connectivity index is 3.53. The van der Waals surface area contributed by atoms with Gasteiger partial charge in [-0.15, -0.1) is 6.58 Å². The first-order valence-corrected chi connectivity index (χ1v) is 5.18. The molecule has 10 heteroatoms. The predicted molar refractivity (Wildman–Crippen MR) is 67.7 cm³/mol. The van der Waals surface area contributed by atoms with E-state index in [-0.39, 0.29) is 12.2 Å². The number of carbonyl (C=O) groups is 1. The molecule has 1 amide bonds. The van der Waals surface area contributed by atoms with E-state index in [9.17, 15) is 25.0 Å². The summed E-state index contributed by atoms with van der Waals surface area (Å²) in [5.74, 6) is -1.09. The highest BCUT2D eigenvalue weighted by molar-refractivity contribution is 5.96. The summed E-state index contributed by atoms with van der Waals surface area (Å²) in [5.41, 5.74) is -0.797. The molecule has 0 aromatic heterocycles. The summed E-state index contributed by atoms with van der Waals surface area (Å²) in [6.45, 7) is 3.45. The van der Waals surface area contributed by atoms with Crippen molar-refractivity contribution in [1.82, 2.24) is 5.48 Å². The summed E-state index contributed by atoms with van der Waals surface area (Å²) in [7, 11) is 0. The molecular formula is C10H10N4O6. The van der Waals surface area contributed by atoms with Gasteiger partial charge in [0.05, 0.1) is 15.4 Å². The van der Waals surface area contributed by atoms with Gasteiger partial charge in [0.2, 0.25) is 0 Å². The lowest BCUT2D eigenvalue weighted by Gasteiger charge is -2.07. The standard InChI is InChI=1S/C10H10N4O6/c1-2-3-11-9-7(13(17)18)4-6(10(15)12-16)5-8(9)14(19)20/h2,4-5,11,16H,1,3H2,(H,12,15). The van der Waals surface area contributed by atoms with Crippen LogP contribution in [0.2, 0.25) is 0 Å². The number of hydroxylamine groups is 1. The molecule has 0 saturated carbocycles.